The second-order valence-electron chi connectivity index (χ2n) is 5.05. The van der Waals surface area contributed by atoms with Gasteiger partial charge in [-0.1, -0.05) is 22.8 Å². The van der Waals surface area contributed by atoms with Crippen LogP contribution in [0.3, 0.4) is 0 Å². The lowest BCUT2D eigenvalue weighted by Gasteiger charge is -2.22. The van der Waals surface area contributed by atoms with Gasteiger partial charge in [0.05, 0.1) is 6.42 Å². The molecule has 5 nitrogen and oxygen atoms in total. The molecule has 2 aromatic rings. The summed E-state index contributed by atoms with van der Waals surface area (Å²) in [6.45, 7) is 0. The molecule has 1 aliphatic carbocycles. The van der Waals surface area contributed by atoms with Crippen molar-refractivity contribution in [2.45, 2.75) is 37.7 Å². The van der Waals surface area contributed by atoms with E-state index in [0.717, 1.165) is 31.2 Å². The van der Waals surface area contributed by atoms with Crippen molar-refractivity contribution in [3.63, 3.8) is 0 Å². The first-order valence-electron chi connectivity index (χ1n) is 6.71. The number of rotatable bonds is 4. The first-order chi connectivity index (χ1) is 9.73. The van der Waals surface area contributed by atoms with E-state index in [1.54, 1.807) is 13.3 Å². The predicted molar refractivity (Wildman–Crippen MR) is 73.5 cm³/mol. The van der Waals surface area contributed by atoms with Crippen molar-refractivity contribution in [1.29, 1.82) is 0 Å². The monoisotopic (exact) mass is 293 g/mol. The third-order valence-corrected chi connectivity index (χ3v) is 4.20. The van der Waals surface area contributed by atoms with Gasteiger partial charge in [-0.2, -0.15) is 4.98 Å². The van der Waals surface area contributed by atoms with Crippen molar-refractivity contribution in [1.82, 2.24) is 15.1 Å². The van der Waals surface area contributed by atoms with Gasteiger partial charge in [-0.05, 0) is 37.3 Å². The van der Waals surface area contributed by atoms with Gasteiger partial charge in [0.25, 0.3) is 0 Å². The second-order valence-corrected chi connectivity index (χ2v) is 5.41. The van der Waals surface area contributed by atoms with Gasteiger partial charge in [-0.25, -0.2) is 4.98 Å². The van der Waals surface area contributed by atoms with Gasteiger partial charge in [0.15, 0.2) is 0 Å². The van der Waals surface area contributed by atoms with Crippen molar-refractivity contribution in [3.05, 3.63) is 40.8 Å². The number of methoxy groups -OCH3 is 1. The zero-order valence-corrected chi connectivity index (χ0v) is 12.1. The van der Waals surface area contributed by atoms with Crippen LogP contribution in [0.15, 0.2) is 22.9 Å². The number of ether oxygens (including phenoxy) is 1. The van der Waals surface area contributed by atoms with Crippen LogP contribution in [0.4, 0.5) is 0 Å². The molecule has 20 heavy (non-hydrogen) atoms. The molecule has 0 amide bonds. The van der Waals surface area contributed by atoms with Gasteiger partial charge in [-0.15, -0.1) is 0 Å². The van der Waals surface area contributed by atoms with Crippen molar-refractivity contribution < 1.29 is 9.26 Å². The minimum Gasteiger partial charge on any atom is -0.370 e. The quantitative estimate of drug-likeness (QED) is 0.811. The summed E-state index contributed by atoms with van der Waals surface area (Å²) in [5.74, 6) is 1.19. The van der Waals surface area contributed by atoms with Crippen LogP contribution in [0.1, 0.15) is 43.0 Å². The van der Waals surface area contributed by atoms with E-state index < -0.39 is 0 Å². The Morgan fingerprint density at radius 1 is 1.40 bits per heavy atom. The molecule has 0 aliphatic heterocycles. The molecular formula is C14H16ClN3O2. The first-order valence-corrected chi connectivity index (χ1v) is 7.09. The third-order valence-electron chi connectivity index (χ3n) is 3.86. The fraction of sp³-hybridized carbons (Fsp3) is 0.500. The molecule has 0 aromatic carbocycles. The molecule has 0 spiro atoms. The van der Waals surface area contributed by atoms with E-state index in [0.29, 0.717) is 23.3 Å². The SMILES string of the molecule is COC1(c2noc(Cc3cccnc3Cl)n2)CCCC1. The lowest BCUT2D eigenvalue weighted by atomic mass is 10.0. The largest absolute Gasteiger partial charge is 0.370 e. The molecule has 0 atom stereocenters. The Bertz CT molecular complexity index is 594. The molecule has 1 saturated carbocycles. The maximum atomic E-state index is 6.04. The van der Waals surface area contributed by atoms with Gasteiger partial charge >= 0.3 is 0 Å². The zero-order valence-electron chi connectivity index (χ0n) is 11.3. The van der Waals surface area contributed by atoms with Crippen molar-refractivity contribution in [2.24, 2.45) is 0 Å². The molecule has 106 valence electrons. The minimum absolute atomic E-state index is 0.375. The number of aromatic nitrogens is 3. The third kappa shape index (κ3) is 2.43. The maximum Gasteiger partial charge on any atom is 0.231 e. The number of hydrogen-bond donors (Lipinski definition) is 0. The summed E-state index contributed by atoms with van der Waals surface area (Å²) in [5, 5.41) is 4.56. The molecule has 0 N–H and O–H groups in total. The summed E-state index contributed by atoms with van der Waals surface area (Å²) < 4.78 is 11.0. The van der Waals surface area contributed by atoms with Crippen molar-refractivity contribution in [3.8, 4) is 0 Å². The highest BCUT2D eigenvalue weighted by Gasteiger charge is 2.40. The summed E-state index contributed by atoms with van der Waals surface area (Å²) >= 11 is 6.04. The van der Waals surface area contributed by atoms with Crippen LogP contribution in [0.25, 0.3) is 0 Å². The van der Waals surface area contributed by atoms with Crippen LogP contribution in [0, 0.1) is 0 Å². The highest BCUT2D eigenvalue weighted by Crippen LogP contribution is 2.40. The molecular weight excluding hydrogens is 278 g/mol. The fourth-order valence-corrected chi connectivity index (χ4v) is 2.88. The Kier molecular flexibility index (Phi) is 3.72. The minimum atomic E-state index is -0.375. The maximum absolute atomic E-state index is 6.04. The number of hydrogen-bond acceptors (Lipinski definition) is 5. The Balaban J connectivity index is 1.82. The van der Waals surface area contributed by atoms with Gasteiger partial charge in [-0.3, -0.25) is 0 Å². The van der Waals surface area contributed by atoms with E-state index >= 15 is 0 Å². The molecule has 2 heterocycles. The topological polar surface area (TPSA) is 61.0 Å². The van der Waals surface area contributed by atoms with Crippen LogP contribution in [-0.2, 0) is 16.8 Å². The van der Waals surface area contributed by atoms with Crippen LogP contribution in [0.5, 0.6) is 0 Å². The molecule has 6 heteroatoms. The summed E-state index contributed by atoms with van der Waals surface area (Å²) in [4.78, 5) is 8.52. The van der Waals surface area contributed by atoms with Crippen LogP contribution in [-0.4, -0.2) is 22.2 Å². The molecule has 0 saturated heterocycles. The molecule has 0 bridgehead atoms. The number of nitrogens with zero attached hydrogens (tertiary/aromatic N) is 3. The normalized spacial score (nSPS) is 17.5. The molecule has 3 rings (SSSR count). The standard InChI is InChI=1S/C14H16ClN3O2/c1-19-14(6-2-3-7-14)13-17-11(20-18-13)9-10-5-4-8-16-12(10)15/h4-5,8H,2-3,6-7,9H2,1H3. The zero-order chi connectivity index (χ0) is 14.0. The smallest absolute Gasteiger partial charge is 0.231 e. The second kappa shape index (κ2) is 5.50. The lowest BCUT2D eigenvalue weighted by molar-refractivity contribution is -0.0178. The molecule has 0 radical (unpaired) electrons. The average Bonchev–Trinajstić information content (AvgIpc) is 3.11. The Morgan fingerprint density at radius 3 is 2.90 bits per heavy atom. The highest BCUT2D eigenvalue weighted by molar-refractivity contribution is 6.30. The first kappa shape index (κ1) is 13.5. The number of pyridine rings is 1. The van der Waals surface area contributed by atoms with E-state index in [1.165, 1.54) is 0 Å². The van der Waals surface area contributed by atoms with E-state index in [4.69, 9.17) is 20.9 Å². The summed E-state index contributed by atoms with van der Waals surface area (Å²) in [6, 6.07) is 3.74. The molecule has 1 aliphatic rings. The van der Waals surface area contributed by atoms with E-state index in [1.807, 2.05) is 12.1 Å². The van der Waals surface area contributed by atoms with Crippen molar-refractivity contribution >= 4 is 11.6 Å². The summed E-state index contributed by atoms with van der Waals surface area (Å²) in [5.41, 5.74) is 0.503. The summed E-state index contributed by atoms with van der Waals surface area (Å²) in [6.07, 6.45) is 6.29. The summed E-state index contributed by atoms with van der Waals surface area (Å²) in [7, 11) is 1.71. The molecule has 0 unspecified atom stereocenters. The Hall–Kier alpha value is -1.46. The lowest BCUT2D eigenvalue weighted by Crippen LogP contribution is -2.26. The highest BCUT2D eigenvalue weighted by atomic mass is 35.5. The molecule has 2 aromatic heterocycles. The predicted octanol–water partition coefficient (Wildman–Crippen LogP) is 3.12. The van der Waals surface area contributed by atoms with E-state index in [2.05, 4.69) is 15.1 Å². The average molecular weight is 294 g/mol. The van der Waals surface area contributed by atoms with Gasteiger partial charge in [0.2, 0.25) is 11.7 Å². The molecule has 1 fully saturated rings. The van der Waals surface area contributed by atoms with Crippen molar-refractivity contribution in [2.75, 3.05) is 7.11 Å². The van der Waals surface area contributed by atoms with Gasteiger partial charge in [0, 0.05) is 13.3 Å². The van der Waals surface area contributed by atoms with Crippen LogP contribution < -0.4 is 0 Å². The van der Waals surface area contributed by atoms with Gasteiger partial charge in [0.1, 0.15) is 10.8 Å². The Labute approximate surface area is 122 Å². The van der Waals surface area contributed by atoms with Crippen LogP contribution >= 0.6 is 11.6 Å². The van der Waals surface area contributed by atoms with E-state index in [-0.39, 0.29) is 5.60 Å². The number of halogens is 1. The van der Waals surface area contributed by atoms with Gasteiger partial charge < -0.3 is 9.26 Å². The fourth-order valence-electron chi connectivity index (χ4n) is 2.69. The Morgan fingerprint density at radius 2 is 2.20 bits per heavy atom. The van der Waals surface area contributed by atoms with E-state index in [9.17, 15) is 0 Å². The van der Waals surface area contributed by atoms with Crippen LogP contribution in [0.2, 0.25) is 5.15 Å².